The number of nitrogens with zero attached hydrogens (tertiary/aromatic N) is 1. The van der Waals surface area contributed by atoms with Crippen LogP contribution in [0.2, 0.25) is 0 Å². The average molecular weight is 199 g/mol. The lowest BCUT2D eigenvalue weighted by molar-refractivity contribution is -0.131. The van der Waals surface area contributed by atoms with Gasteiger partial charge in [0.05, 0.1) is 0 Å². The largest absolute Gasteiger partial charge is 0.478 e. The fraction of sp³-hybridized carbons (Fsp3) is 0.727. The molecule has 3 heteroatoms. The van der Waals surface area contributed by atoms with Gasteiger partial charge >= 0.3 is 5.97 Å². The Morgan fingerprint density at radius 1 is 1.29 bits per heavy atom. The van der Waals surface area contributed by atoms with Crippen molar-refractivity contribution >= 4 is 5.97 Å². The molecule has 0 aliphatic carbocycles. The molecule has 0 aliphatic rings. The number of aliphatic carboxylic acids is 1. The molecule has 0 aliphatic heterocycles. The Morgan fingerprint density at radius 3 is 2.14 bits per heavy atom. The van der Waals surface area contributed by atoms with E-state index in [-0.39, 0.29) is 0 Å². The second-order valence-electron chi connectivity index (χ2n) is 3.61. The van der Waals surface area contributed by atoms with Gasteiger partial charge in [0, 0.05) is 12.6 Å². The van der Waals surface area contributed by atoms with Crippen molar-refractivity contribution in [3.8, 4) is 0 Å². The van der Waals surface area contributed by atoms with E-state index in [4.69, 9.17) is 5.11 Å². The predicted octanol–water partition coefficient (Wildman–Crippen LogP) is 2.14. The van der Waals surface area contributed by atoms with E-state index < -0.39 is 5.97 Å². The monoisotopic (exact) mass is 199 g/mol. The van der Waals surface area contributed by atoms with E-state index in [0.29, 0.717) is 0 Å². The Morgan fingerprint density at radius 2 is 1.79 bits per heavy atom. The predicted molar refractivity (Wildman–Crippen MR) is 58.4 cm³/mol. The normalized spacial score (nSPS) is 12.1. The Balaban J connectivity index is 4.07. The number of rotatable bonds is 7. The summed E-state index contributed by atoms with van der Waals surface area (Å²) in [6.07, 6.45) is 3.51. The molecule has 0 unspecified atom stereocenters. The second kappa shape index (κ2) is 7.56. The summed E-state index contributed by atoms with van der Waals surface area (Å²) in [5.74, 6) is -0.851. The van der Waals surface area contributed by atoms with Crippen LogP contribution in [0.3, 0.4) is 0 Å². The van der Waals surface area contributed by atoms with Crippen LogP contribution in [-0.4, -0.2) is 35.6 Å². The number of hydrogen-bond acceptors (Lipinski definition) is 2. The van der Waals surface area contributed by atoms with E-state index in [1.807, 2.05) is 6.92 Å². The first-order valence-corrected chi connectivity index (χ1v) is 5.22. The maximum atomic E-state index is 10.4. The molecule has 82 valence electrons. The Hall–Kier alpha value is -0.830. The zero-order valence-corrected chi connectivity index (χ0v) is 9.42. The maximum Gasteiger partial charge on any atom is 0.328 e. The van der Waals surface area contributed by atoms with Gasteiger partial charge in [-0.15, -0.1) is 0 Å². The van der Waals surface area contributed by atoms with Crippen LogP contribution in [0, 0.1) is 0 Å². The van der Waals surface area contributed by atoms with Crippen molar-refractivity contribution in [1.82, 2.24) is 4.90 Å². The molecule has 1 N–H and O–H groups in total. The molecule has 0 saturated carbocycles. The summed E-state index contributed by atoms with van der Waals surface area (Å²) in [4.78, 5) is 12.7. The first kappa shape index (κ1) is 13.2. The SMILES string of the molecule is CCCN(CCC)CC(C)=CC(=O)O. The van der Waals surface area contributed by atoms with Crippen LogP contribution in [0.15, 0.2) is 11.6 Å². The number of carbonyl (C=O) groups is 1. The molecular formula is C11H21NO2. The summed E-state index contributed by atoms with van der Waals surface area (Å²) in [5, 5.41) is 8.56. The molecule has 0 aromatic rings. The second-order valence-corrected chi connectivity index (χ2v) is 3.61. The summed E-state index contributed by atoms with van der Waals surface area (Å²) in [6, 6.07) is 0. The molecule has 0 amide bonds. The van der Waals surface area contributed by atoms with Crippen LogP contribution >= 0.6 is 0 Å². The van der Waals surface area contributed by atoms with Gasteiger partial charge in [-0.1, -0.05) is 19.4 Å². The maximum absolute atomic E-state index is 10.4. The lowest BCUT2D eigenvalue weighted by atomic mass is 10.2. The van der Waals surface area contributed by atoms with Crippen LogP contribution in [0.5, 0.6) is 0 Å². The molecule has 0 aromatic carbocycles. The van der Waals surface area contributed by atoms with E-state index >= 15 is 0 Å². The number of carboxylic acid groups (broad SMARTS) is 1. The summed E-state index contributed by atoms with van der Waals surface area (Å²) in [7, 11) is 0. The van der Waals surface area contributed by atoms with Gasteiger partial charge in [-0.25, -0.2) is 4.79 Å². The van der Waals surface area contributed by atoms with Gasteiger partial charge in [0.15, 0.2) is 0 Å². The first-order chi connectivity index (χ1) is 6.60. The van der Waals surface area contributed by atoms with E-state index in [0.717, 1.165) is 38.0 Å². The molecule has 0 heterocycles. The van der Waals surface area contributed by atoms with Gasteiger partial charge in [0.25, 0.3) is 0 Å². The third-order valence-electron chi connectivity index (χ3n) is 1.92. The van der Waals surface area contributed by atoms with Crippen LogP contribution < -0.4 is 0 Å². The molecular weight excluding hydrogens is 178 g/mol. The third kappa shape index (κ3) is 6.66. The Bertz CT molecular complexity index is 193. The van der Waals surface area contributed by atoms with Crippen molar-refractivity contribution in [3.63, 3.8) is 0 Å². The van der Waals surface area contributed by atoms with Gasteiger partial charge in [0.1, 0.15) is 0 Å². The van der Waals surface area contributed by atoms with Crippen molar-refractivity contribution in [2.45, 2.75) is 33.6 Å². The molecule has 3 nitrogen and oxygen atoms in total. The molecule has 0 fully saturated rings. The van der Waals surface area contributed by atoms with Crippen molar-refractivity contribution in [2.75, 3.05) is 19.6 Å². The summed E-state index contributed by atoms with van der Waals surface area (Å²) in [5.41, 5.74) is 0.916. The highest BCUT2D eigenvalue weighted by Crippen LogP contribution is 2.01. The minimum Gasteiger partial charge on any atom is -0.478 e. The topological polar surface area (TPSA) is 40.5 Å². The molecule has 0 radical (unpaired) electrons. The fourth-order valence-corrected chi connectivity index (χ4v) is 1.51. The van der Waals surface area contributed by atoms with Crippen LogP contribution in [0.1, 0.15) is 33.6 Å². The molecule has 0 rings (SSSR count). The van der Waals surface area contributed by atoms with E-state index in [2.05, 4.69) is 18.7 Å². The summed E-state index contributed by atoms with van der Waals surface area (Å²) in [6.45, 7) is 9.00. The zero-order chi connectivity index (χ0) is 11.0. The highest BCUT2D eigenvalue weighted by atomic mass is 16.4. The highest BCUT2D eigenvalue weighted by molar-refractivity contribution is 5.80. The average Bonchev–Trinajstić information content (AvgIpc) is 2.03. The molecule has 0 spiro atoms. The van der Waals surface area contributed by atoms with E-state index in [1.165, 1.54) is 6.08 Å². The quantitative estimate of drug-likeness (QED) is 0.639. The number of carboxylic acids is 1. The van der Waals surface area contributed by atoms with Gasteiger partial charge in [-0.3, -0.25) is 4.90 Å². The van der Waals surface area contributed by atoms with Gasteiger partial charge in [-0.05, 0) is 32.9 Å². The Kier molecular flexibility index (Phi) is 7.11. The fourth-order valence-electron chi connectivity index (χ4n) is 1.51. The van der Waals surface area contributed by atoms with Crippen molar-refractivity contribution < 1.29 is 9.90 Å². The summed E-state index contributed by atoms with van der Waals surface area (Å²) >= 11 is 0. The smallest absolute Gasteiger partial charge is 0.328 e. The minimum absolute atomic E-state index is 0.772. The highest BCUT2D eigenvalue weighted by Gasteiger charge is 2.03. The summed E-state index contributed by atoms with van der Waals surface area (Å²) < 4.78 is 0. The van der Waals surface area contributed by atoms with Crippen LogP contribution in [-0.2, 0) is 4.79 Å². The number of hydrogen-bond donors (Lipinski definition) is 1. The standard InChI is InChI=1S/C11H21NO2/c1-4-6-12(7-5-2)9-10(3)8-11(13)14/h8H,4-7,9H2,1-3H3,(H,13,14). The van der Waals surface area contributed by atoms with Crippen molar-refractivity contribution in [3.05, 3.63) is 11.6 Å². The lowest BCUT2D eigenvalue weighted by Crippen LogP contribution is -2.27. The van der Waals surface area contributed by atoms with Crippen molar-refractivity contribution in [2.24, 2.45) is 0 Å². The van der Waals surface area contributed by atoms with E-state index in [9.17, 15) is 4.79 Å². The van der Waals surface area contributed by atoms with E-state index in [1.54, 1.807) is 0 Å². The Labute approximate surface area is 86.4 Å². The molecule has 0 bridgehead atoms. The molecule has 0 saturated heterocycles. The molecule has 14 heavy (non-hydrogen) atoms. The van der Waals surface area contributed by atoms with Crippen molar-refractivity contribution in [1.29, 1.82) is 0 Å². The lowest BCUT2D eigenvalue weighted by Gasteiger charge is -2.20. The van der Waals surface area contributed by atoms with Gasteiger partial charge < -0.3 is 5.11 Å². The van der Waals surface area contributed by atoms with Gasteiger partial charge in [0.2, 0.25) is 0 Å². The zero-order valence-electron chi connectivity index (χ0n) is 9.42. The molecule has 0 atom stereocenters. The van der Waals surface area contributed by atoms with Crippen LogP contribution in [0.25, 0.3) is 0 Å². The van der Waals surface area contributed by atoms with Crippen LogP contribution in [0.4, 0.5) is 0 Å². The third-order valence-corrected chi connectivity index (χ3v) is 1.92. The molecule has 0 aromatic heterocycles. The first-order valence-electron chi connectivity index (χ1n) is 5.22. The van der Waals surface area contributed by atoms with Gasteiger partial charge in [-0.2, -0.15) is 0 Å². The minimum atomic E-state index is -0.851.